The van der Waals surface area contributed by atoms with Gasteiger partial charge in [-0.15, -0.1) is 0 Å². The molecule has 39 heavy (non-hydrogen) atoms. The number of ketones is 1. The van der Waals surface area contributed by atoms with E-state index in [1.165, 1.54) is 42.4 Å². The van der Waals surface area contributed by atoms with Crippen molar-refractivity contribution in [3.05, 3.63) is 60.2 Å². The highest BCUT2D eigenvalue weighted by Crippen LogP contribution is 2.20. The zero-order valence-corrected chi connectivity index (χ0v) is 23.9. The van der Waals surface area contributed by atoms with Gasteiger partial charge in [-0.3, -0.25) is 0 Å². The van der Waals surface area contributed by atoms with E-state index in [2.05, 4.69) is 5.32 Å². The molecule has 0 aliphatic carbocycles. The first-order valence-electron chi connectivity index (χ1n) is 13.0. The van der Waals surface area contributed by atoms with E-state index in [9.17, 15) is 23.1 Å². The Morgan fingerprint density at radius 3 is 2.26 bits per heavy atom. The van der Waals surface area contributed by atoms with Crippen molar-refractivity contribution in [1.82, 2.24) is 9.62 Å². The number of alkyl carbamates (subject to hydrolysis) is 1. The topological polar surface area (TPSA) is 148 Å². The maximum Gasteiger partial charge on any atom is 0.407 e. The third kappa shape index (κ3) is 11.3. The van der Waals surface area contributed by atoms with E-state index in [1.54, 1.807) is 0 Å². The van der Waals surface area contributed by atoms with Crippen LogP contribution < -0.4 is 11.1 Å². The van der Waals surface area contributed by atoms with E-state index in [4.69, 9.17) is 15.2 Å². The van der Waals surface area contributed by atoms with Crippen molar-refractivity contribution in [2.45, 2.75) is 63.7 Å². The molecule has 0 radical (unpaired) electrons. The summed E-state index contributed by atoms with van der Waals surface area (Å²) in [6.07, 6.45) is -1.29. The van der Waals surface area contributed by atoms with Crippen LogP contribution in [0.1, 0.15) is 39.7 Å². The summed E-state index contributed by atoms with van der Waals surface area (Å²) < 4.78 is 38.7. The van der Waals surface area contributed by atoms with E-state index in [-0.39, 0.29) is 35.8 Å². The van der Waals surface area contributed by atoms with Gasteiger partial charge in [0.05, 0.1) is 30.3 Å². The van der Waals surface area contributed by atoms with Gasteiger partial charge in [0.15, 0.2) is 0 Å². The predicted octanol–water partition coefficient (Wildman–Crippen LogP) is 3.00. The van der Waals surface area contributed by atoms with E-state index in [0.717, 1.165) is 5.56 Å². The smallest absolute Gasteiger partial charge is 0.407 e. The average Bonchev–Trinajstić information content (AvgIpc) is 3.36. The number of carbonyl (C=O) groups is 2. The van der Waals surface area contributed by atoms with Crippen LogP contribution in [-0.2, 0) is 30.7 Å². The first-order valence-corrected chi connectivity index (χ1v) is 14.4. The SMILES string of the molecule is CC(C)=O.CC(C)CN(C[C@@H](O)[C@H](Cc1ccccc1)NC(=O)O[C@H]1CCOC1)S(=O)(=O)c1ccc(N)cc1. The van der Waals surface area contributed by atoms with Crippen LogP contribution in [0, 0.1) is 5.92 Å². The molecule has 10 nitrogen and oxygen atoms in total. The number of nitrogen functional groups attached to an aromatic ring is 1. The largest absolute Gasteiger partial charge is 0.444 e. The summed E-state index contributed by atoms with van der Waals surface area (Å²) in [5.41, 5.74) is 7.06. The number of rotatable bonds is 11. The van der Waals surface area contributed by atoms with Gasteiger partial charge in [-0.2, -0.15) is 4.31 Å². The lowest BCUT2D eigenvalue weighted by Crippen LogP contribution is -2.51. The summed E-state index contributed by atoms with van der Waals surface area (Å²) in [5.74, 6) is 0.179. The summed E-state index contributed by atoms with van der Waals surface area (Å²) in [4.78, 5) is 22.1. The van der Waals surface area contributed by atoms with Gasteiger partial charge in [0.1, 0.15) is 11.9 Å². The van der Waals surface area contributed by atoms with Gasteiger partial charge < -0.3 is 30.4 Å². The number of Topliss-reactive ketones (excluding diaryl/α,β-unsaturated/α-hetero) is 1. The molecule has 4 N–H and O–H groups in total. The molecule has 11 heteroatoms. The number of amides is 1. The standard InChI is InChI=1S/C25H35N3O6S.C3H6O/c1-18(2)15-28(35(31,32)22-10-8-20(26)9-11-22)16-24(29)23(14-19-6-4-3-5-7-19)27-25(30)34-21-12-13-33-17-21;1-3(2)4/h3-11,18,21,23-24,29H,12-17,26H2,1-2H3,(H,27,30);1-2H3/t21-,23-,24+;/m0./s1. The molecule has 0 aromatic heterocycles. The molecule has 0 bridgehead atoms. The van der Waals surface area contributed by atoms with E-state index in [0.29, 0.717) is 31.7 Å². The number of benzene rings is 2. The molecular weight excluding hydrogens is 522 g/mol. The molecule has 1 aliphatic rings. The number of ether oxygens (including phenoxy) is 2. The molecule has 0 unspecified atom stereocenters. The van der Waals surface area contributed by atoms with Crippen LogP contribution in [0.4, 0.5) is 10.5 Å². The monoisotopic (exact) mass is 563 g/mol. The van der Waals surface area contributed by atoms with Crippen molar-refractivity contribution >= 4 is 27.6 Å². The lowest BCUT2D eigenvalue weighted by atomic mass is 10.0. The summed E-state index contributed by atoms with van der Waals surface area (Å²) in [6.45, 7) is 7.72. The van der Waals surface area contributed by atoms with Crippen LogP contribution in [0.2, 0.25) is 0 Å². The third-order valence-corrected chi connectivity index (χ3v) is 7.55. The highest BCUT2D eigenvalue weighted by molar-refractivity contribution is 7.89. The third-order valence-electron chi connectivity index (χ3n) is 5.71. The van der Waals surface area contributed by atoms with Gasteiger partial charge in [-0.05, 0) is 56.0 Å². The van der Waals surface area contributed by atoms with Crippen LogP contribution in [-0.4, -0.2) is 74.3 Å². The highest BCUT2D eigenvalue weighted by Gasteiger charge is 2.32. The number of hydrogen-bond acceptors (Lipinski definition) is 8. The molecule has 216 valence electrons. The molecule has 1 fully saturated rings. The van der Waals surface area contributed by atoms with Gasteiger partial charge in [0.25, 0.3) is 0 Å². The Balaban J connectivity index is 0.00000124. The maximum atomic E-state index is 13.4. The van der Waals surface area contributed by atoms with Crippen LogP contribution in [0.25, 0.3) is 0 Å². The molecule has 0 spiro atoms. The summed E-state index contributed by atoms with van der Waals surface area (Å²) in [7, 11) is -3.90. The Morgan fingerprint density at radius 2 is 1.72 bits per heavy atom. The van der Waals surface area contributed by atoms with E-state index >= 15 is 0 Å². The van der Waals surface area contributed by atoms with Crippen molar-refractivity contribution in [3.63, 3.8) is 0 Å². The molecule has 1 heterocycles. The predicted molar refractivity (Wildman–Crippen MR) is 150 cm³/mol. The zero-order valence-electron chi connectivity index (χ0n) is 23.1. The van der Waals surface area contributed by atoms with E-state index in [1.807, 2.05) is 44.2 Å². The van der Waals surface area contributed by atoms with Crippen molar-refractivity contribution in [3.8, 4) is 0 Å². The van der Waals surface area contributed by atoms with Crippen molar-refractivity contribution in [1.29, 1.82) is 0 Å². The quantitative estimate of drug-likeness (QED) is 0.354. The molecule has 1 amide bonds. The Labute approximate surface area is 231 Å². The van der Waals surface area contributed by atoms with Gasteiger partial charge in [0.2, 0.25) is 10.0 Å². The Bertz CT molecular complexity index is 1130. The number of aliphatic hydroxyl groups excluding tert-OH is 1. The van der Waals surface area contributed by atoms with E-state index < -0.39 is 28.3 Å². The second kappa shape index (κ2) is 15.6. The zero-order chi connectivity index (χ0) is 29.0. The molecular formula is C28H41N3O7S. The second-order valence-electron chi connectivity index (χ2n) is 10.1. The molecule has 1 saturated heterocycles. The number of nitrogens with one attached hydrogen (secondary N) is 1. The number of carbonyl (C=O) groups excluding carboxylic acids is 2. The normalized spacial score (nSPS) is 16.7. The van der Waals surface area contributed by atoms with Crippen LogP contribution in [0.5, 0.6) is 0 Å². The Morgan fingerprint density at radius 1 is 1.10 bits per heavy atom. The van der Waals surface area contributed by atoms with Crippen LogP contribution in [0.15, 0.2) is 59.5 Å². The fourth-order valence-electron chi connectivity index (χ4n) is 3.90. The van der Waals surface area contributed by atoms with Crippen molar-refractivity contribution < 1.29 is 32.6 Å². The summed E-state index contributed by atoms with van der Waals surface area (Å²) in [5, 5.41) is 13.9. The fraction of sp³-hybridized carbons (Fsp3) is 0.500. The maximum absolute atomic E-state index is 13.4. The second-order valence-corrected chi connectivity index (χ2v) is 12.0. The van der Waals surface area contributed by atoms with Gasteiger partial charge in [-0.1, -0.05) is 44.2 Å². The molecule has 2 aromatic carbocycles. The number of aliphatic hydroxyl groups is 1. The first kappa shape index (κ1) is 32.2. The molecule has 2 aromatic rings. The number of anilines is 1. The first-order chi connectivity index (χ1) is 18.4. The number of nitrogens with two attached hydrogens (primary N) is 1. The minimum Gasteiger partial charge on any atom is -0.444 e. The van der Waals surface area contributed by atoms with Gasteiger partial charge in [-0.25, -0.2) is 13.2 Å². The Kier molecular flexibility index (Phi) is 12.9. The molecule has 3 rings (SSSR count). The minimum atomic E-state index is -3.90. The van der Waals surface area contributed by atoms with Crippen LogP contribution in [0.3, 0.4) is 0 Å². The summed E-state index contributed by atoms with van der Waals surface area (Å²) >= 11 is 0. The van der Waals surface area contributed by atoms with Crippen molar-refractivity contribution in [2.75, 3.05) is 32.0 Å². The molecule has 1 aliphatic heterocycles. The lowest BCUT2D eigenvalue weighted by Gasteiger charge is -2.30. The average molecular weight is 564 g/mol. The number of hydrogen-bond donors (Lipinski definition) is 3. The molecule has 0 saturated carbocycles. The minimum absolute atomic E-state index is 0.0126. The fourth-order valence-corrected chi connectivity index (χ4v) is 5.52. The Hall–Kier alpha value is -2.99. The number of nitrogens with zero attached hydrogens (tertiary/aromatic N) is 1. The van der Waals surface area contributed by atoms with Gasteiger partial charge >= 0.3 is 6.09 Å². The summed E-state index contributed by atoms with van der Waals surface area (Å²) in [6, 6.07) is 14.6. The molecule has 3 atom stereocenters. The van der Waals surface area contributed by atoms with Gasteiger partial charge in [0, 0.05) is 25.2 Å². The lowest BCUT2D eigenvalue weighted by molar-refractivity contribution is -0.115. The van der Waals surface area contributed by atoms with Crippen LogP contribution >= 0.6 is 0 Å². The number of sulfonamides is 1. The highest BCUT2D eigenvalue weighted by atomic mass is 32.2. The van der Waals surface area contributed by atoms with Crippen molar-refractivity contribution in [2.24, 2.45) is 5.92 Å².